The topological polar surface area (TPSA) is 46.2 Å². The Balaban J connectivity index is 2.40. The van der Waals surface area contributed by atoms with Crippen LogP contribution in [-0.2, 0) is 0 Å². The smallest absolute Gasteiger partial charge is 0.145 e. The Morgan fingerprint density at radius 1 is 1.19 bits per heavy atom. The number of aryl methyl sites for hydroxylation is 1. The molecule has 0 saturated heterocycles. The molecular weight excluding hydrogens is 312 g/mol. The van der Waals surface area contributed by atoms with Crippen LogP contribution in [0.4, 0.5) is 4.39 Å². The van der Waals surface area contributed by atoms with Gasteiger partial charge in [-0.2, -0.15) is 0 Å². The maximum absolute atomic E-state index is 14.1. The molecule has 2 unspecified atom stereocenters. The van der Waals surface area contributed by atoms with E-state index < -0.39 is 17.8 Å². The number of hydrogen-bond donors (Lipinski definition) is 2. The summed E-state index contributed by atoms with van der Waals surface area (Å²) < 4.78 is 14.1. The van der Waals surface area contributed by atoms with Gasteiger partial charge in [-0.05, 0) is 35.7 Å². The van der Waals surface area contributed by atoms with Gasteiger partial charge in [0.25, 0.3) is 0 Å². The van der Waals surface area contributed by atoms with E-state index in [1.807, 2.05) is 13.0 Å². The second kappa shape index (κ2) is 6.75. The van der Waals surface area contributed by atoms with Crippen molar-refractivity contribution in [3.05, 3.63) is 69.0 Å². The first-order valence-corrected chi connectivity index (χ1v) is 7.29. The van der Waals surface area contributed by atoms with Crippen LogP contribution >= 0.6 is 23.2 Å². The Hall–Kier alpha value is -1.13. The average molecular weight is 328 g/mol. The molecule has 0 aliphatic heterocycles. The molecule has 2 nitrogen and oxygen atoms in total. The van der Waals surface area contributed by atoms with Crippen molar-refractivity contribution in [1.29, 1.82) is 0 Å². The van der Waals surface area contributed by atoms with Gasteiger partial charge in [0.2, 0.25) is 0 Å². The van der Waals surface area contributed by atoms with Gasteiger partial charge in [-0.3, -0.25) is 0 Å². The van der Waals surface area contributed by atoms with E-state index in [1.165, 1.54) is 6.07 Å². The van der Waals surface area contributed by atoms with E-state index in [0.29, 0.717) is 16.1 Å². The maximum atomic E-state index is 14.1. The molecule has 0 saturated carbocycles. The molecule has 0 aliphatic rings. The molecule has 2 atom stereocenters. The van der Waals surface area contributed by atoms with E-state index in [0.717, 1.165) is 5.56 Å². The molecule has 0 aromatic heterocycles. The number of rotatable bonds is 4. The predicted molar refractivity (Wildman–Crippen MR) is 84.4 cm³/mol. The summed E-state index contributed by atoms with van der Waals surface area (Å²) in [6.45, 7) is 1.96. The normalized spacial score (nSPS) is 14.0. The molecule has 0 amide bonds. The average Bonchev–Trinajstić information content (AvgIpc) is 2.47. The van der Waals surface area contributed by atoms with Gasteiger partial charge in [0.1, 0.15) is 5.82 Å². The molecular formula is C16H16Cl2FNO. The van der Waals surface area contributed by atoms with Crippen LogP contribution in [0, 0.1) is 12.7 Å². The summed E-state index contributed by atoms with van der Waals surface area (Å²) in [6, 6.07) is 9.92. The van der Waals surface area contributed by atoms with Gasteiger partial charge in [-0.15, -0.1) is 0 Å². The van der Waals surface area contributed by atoms with Crippen LogP contribution in [0.1, 0.15) is 28.7 Å². The van der Waals surface area contributed by atoms with Crippen LogP contribution in [0.3, 0.4) is 0 Å². The molecule has 2 aromatic carbocycles. The molecule has 2 aromatic rings. The first-order valence-electron chi connectivity index (χ1n) is 6.53. The monoisotopic (exact) mass is 327 g/mol. The standard InChI is InChI=1S/C16H16Cl2FNO/c1-9-5-6-10(7-14(9)18)16(21)12(8-20)11-3-2-4-13(17)15(11)19/h2-7,12,16,21H,8,20H2,1H3. The minimum Gasteiger partial charge on any atom is -0.388 e. The third-order valence-corrected chi connectivity index (χ3v) is 4.25. The van der Waals surface area contributed by atoms with E-state index in [2.05, 4.69) is 0 Å². The Morgan fingerprint density at radius 2 is 1.90 bits per heavy atom. The number of benzene rings is 2. The maximum Gasteiger partial charge on any atom is 0.145 e. The molecule has 5 heteroatoms. The molecule has 112 valence electrons. The minimum absolute atomic E-state index is 0.0140. The molecule has 0 heterocycles. The van der Waals surface area contributed by atoms with Crippen LogP contribution in [0.15, 0.2) is 36.4 Å². The highest BCUT2D eigenvalue weighted by Gasteiger charge is 2.25. The van der Waals surface area contributed by atoms with Crippen molar-refractivity contribution >= 4 is 23.2 Å². The Morgan fingerprint density at radius 3 is 2.52 bits per heavy atom. The SMILES string of the molecule is Cc1ccc(C(O)C(CN)c2cccc(Cl)c2F)cc1Cl. The molecule has 3 N–H and O–H groups in total. The zero-order valence-corrected chi connectivity index (χ0v) is 13.0. The lowest BCUT2D eigenvalue weighted by atomic mass is 9.88. The van der Waals surface area contributed by atoms with Crippen molar-refractivity contribution in [2.45, 2.75) is 18.9 Å². The van der Waals surface area contributed by atoms with Gasteiger partial charge in [0, 0.05) is 17.5 Å². The summed E-state index contributed by atoms with van der Waals surface area (Å²) in [5.74, 6) is -1.14. The lowest BCUT2D eigenvalue weighted by molar-refractivity contribution is 0.145. The molecule has 0 bridgehead atoms. The third-order valence-electron chi connectivity index (χ3n) is 3.55. The minimum atomic E-state index is -0.957. The second-order valence-electron chi connectivity index (χ2n) is 4.94. The summed E-state index contributed by atoms with van der Waals surface area (Å²) in [5.41, 5.74) is 7.53. The van der Waals surface area contributed by atoms with E-state index in [1.54, 1.807) is 24.3 Å². The Bertz CT molecular complexity index is 648. The van der Waals surface area contributed by atoms with Crippen LogP contribution in [0.2, 0.25) is 10.0 Å². The number of hydrogen-bond acceptors (Lipinski definition) is 2. The van der Waals surface area contributed by atoms with Crippen molar-refractivity contribution in [3.8, 4) is 0 Å². The van der Waals surface area contributed by atoms with Crippen LogP contribution < -0.4 is 5.73 Å². The summed E-state index contributed by atoms with van der Waals surface area (Å²) in [6.07, 6.45) is -0.957. The highest BCUT2D eigenvalue weighted by atomic mass is 35.5. The van der Waals surface area contributed by atoms with Crippen molar-refractivity contribution in [2.75, 3.05) is 6.54 Å². The molecule has 0 spiro atoms. The Kier molecular flexibility index (Phi) is 5.22. The number of aliphatic hydroxyl groups is 1. The molecule has 0 radical (unpaired) electrons. The molecule has 21 heavy (non-hydrogen) atoms. The largest absolute Gasteiger partial charge is 0.388 e. The van der Waals surface area contributed by atoms with Crippen LogP contribution in [0.25, 0.3) is 0 Å². The number of aliphatic hydroxyl groups excluding tert-OH is 1. The number of halogens is 3. The van der Waals surface area contributed by atoms with Crippen LogP contribution in [0.5, 0.6) is 0 Å². The summed E-state index contributed by atoms with van der Waals surface area (Å²) >= 11 is 11.9. The fourth-order valence-corrected chi connectivity index (χ4v) is 2.63. The van der Waals surface area contributed by atoms with Crippen molar-refractivity contribution in [3.63, 3.8) is 0 Å². The van der Waals surface area contributed by atoms with Crippen molar-refractivity contribution < 1.29 is 9.50 Å². The Labute approximate surface area is 133 Å². The predicted octanol–water partition coefficient (Wildman–Crippen LogP) is 4.22. The second-order valence-corrected chi connectivity index (χ2v) is 5.75. The molecule has 0 aliphatic carbocycles. The quantitative estimate of drug-likeness (QED) is 0.883. The zero-order valence-electron chi connectivity index (χ0n) is 11.5. The van der Waals surface area contributed by atoms with Gasteiger partial charge in [0.05, 0.1) is 11.1 Å². The number of nitrogens with two attached hydrogens (primary N) is 1. The van der Waals surface area contributed by atoms with E-state index in [4.69, 9.17) is 28.9 Å². The lowest BCUT2D eigenvalue weighted by Crippen LogP contribution is -2.21. The fraction of sp³-hybridized carbons (Fsp3) is 0.250. The summed E-state index contributed by atoms with van der Waals surface area (Å²) in [5, 5.41) is 11.1. The van der Waals surface area contributed by atoms with Crippen LogP contribution in [-0.4, -0.2) is 11.7 Å². The summed E-state index contributed by atoms with van der Waals surface area (Å²) in [4.78, 5) is 0. The first kappa shape index (κ1) is 16.2. The summed E-state index contributed by atoms with van der Waals surface area (Å²) in [7, 11) is 0. The molecule has 0 fully saturated rings. The van der Waals surface area contributed by atoms with E-state index in [-0.39, 0.29) is 11.6 Å². The van der Waals surface area contributed by atoms with Gasteiger partial charge in [-0.25, -0.2) is 4.39 Å². The molecule has 2 rings (SSSR count). The van der Waals surface area contributed by atoms with Gasteiger partial charge < -0.3 is 10.8 Å². The van der Waals surface area contributed by atoms with E-state index >= 15 is 0 Å². The first-order chi connectivity index (χ1) is 9.95. The van der Waals surface area contributed by atoms with Crippen molar-refractivity contribution in [2.24, 2.45) is 5.73 Å². The fourth-order valence-electron chi connectivity index (χ4n) is 2.26. The van der Waals surface area contributed by atoms with Gasteiger partial charge in [-0.1, -0.05) is 47.5 Å². The van der Waals surface area contributed by atoms with Gasteiger partial charge >= 0.3 is 0 Å². The highest BCUT2D eigenvalue weighted by molar-refractivity contribution is 6.31. The highest BCUT2D eigenvalue weighted by Crippen LogP contribution is 2.34. The third kappa shape index (κ3) is 3.38. The van der Waals surface area contributed by atoms with E-state index in [9.17, 15) is 9.50 Å². The van der Waals surface area contributed by atoms with Gasteiger partial charge in [0.15, 0.2) is 0 Å². The van der Waals surface area contributed by atoms with Crippen molar-refractivity contribution in [1.82, 2.24) is 0 Å². The lowest BCUT2D eigenvalue weighted by Gasteiger charge is -2.23. The zero-order chi connectivity index (χ0) is 15.6.